The van der Waals surface area contributed by atoms with Gasteiger partial charge in [0.2, 0.25) is 0 Å². The Morgan fingerprint density at radius 3 is 2.65 bits per heavy atom. The van der Waals surface area contributed by atoms with Gasteiger partial charge in [0.25, 0.3) is 0 Å². The second-order valence-electron chi connectivity index (χ2n) is 6.03. The van der Waals surface area contributed by atoms with Crippen molar-refractivity contribution in [3.63, 3.8) is 0 Å². The topological polar surface area (TPSA) is 17.1 Å². The van der Waals surface area contributed by atoms with E-state index in [0.29, 0.717) is 17.1 Å². The van der Waals surface area contributed by atoms with Crippen LogP contribution in [-0.4, -0.2) is 5.78 Å². The first-order chi connectivity index (χ1) is 8.19. The van der Waals surface area contributed by atoms with Gasteiger partial charge in [-0.1, -0.05) is 31.2 Å². The number of hydrogen-bond donors (Lipinski definition) is 0. The van der Waals surface area contributed by atoms with Crippen molar-refractivity contribution >= 4 is 5.78 Å². The van der Waals surface area contributed by atoms with Crippen LogP contribution in [0.15, 0.2) is 24.3 Å². The number of rotatable bonds is 0. The van der Waals surface area contributed by atoms with E-state index in [4.69, 9.17) is 0 Å². The van der Waals surface area contributed by atoms with Crippen LogP contribution < -0.4 is 0 Å². The molecule has 2 aliphatic carbocycles. The first-order valence-corrected chi connectivity index (χ1v) is 6.78. The molecule has 0 saturated heterocycles. The largest absolute Gasteiger partial charge is 0.299 e. The first-order valence-electron chi connectivity index (χ1n) is 6.78. The van der Waals surface area contributed by atoms with Gasteiger partial charge in [-0.05, 0) is 48.6 Å². The normalized spacial score (nSPS) is 32.5. The Morgan fingerprint density at radius 2 is 1.88 bits per heavy atom. The smallest absolute Gasteiger partial charge is 0.136 e. The third kappa shape index (κ3) is 1.92. The molecule has 0 amide bonds. The highest BCUT2D eigenvalue weighted by Crippen LogP contribution is 2.46. The molecule has 1 fully saturated rings. The quantitative estimate of drug-likeness (QED) is 0.663. The number of Topliss-reactive ketones (excluding diaryl/α,β-unsaturated/α-hetero) is 1. The van der Waals surface area contributed by atoms with E-state index in [1.807, 2.05) is 0 Å². The maximum atomic E-state index is 12.0. The summed E-state index contributed by atoms with van der Waals surface area (Å²) in [5.74, 6) is 0.799. The summed E-state index contributed by atoms with van der Waals surface area (Å²) in [6, 6.07) is 8.75. The van der Waals surface area contributed by atoms with E-state index in [9.17, 15) is 4.79 Å². The molecule has 0 N–H and O–H groups in total. The Bertz CT molecular complexity index is 449. The Balaban J connectivity index is 1.86. The molecule has 1 heteroatoms. The zero-order valence-electron chi connectivity index (χ0n) is 10.5. The van der Waals surface area contributed by atoms with Crippen molar-refractivity contribution in [2.75, 3.05) is 0 Å². The monoisotopic (exact) mass is 228 g/mol. The predicted molar refractivity (Wildman–Crippen MR) is 68.9 cm³/mol. The molecule has 3 rings (SSSR count). The van der Waals surface area contributed by atoms with Crippen LogP contribution >= 0.6 is 0 Å². The highest BCUT2D eigenvalue weighted by molar-refractivity contribution is 5.82. The van der Waals surface area contributed by atoms with Gasteiger partial charge in [-0.15, -0.1) is 0 Å². The summed E-state index contributed by atoms with van der Waals surface area (Å²) in [6.45, 7) is 2.09. The second-order valence-corrected chi connectivity index (χ2v) is 6.03. The lowest BCUT2D eigenvalue weighted by Crippen LogP contribution is -2.37. The van der Waals surface area contributed by atoms with Crippen molar-refractivity contribution in [3.05, 3.63) is 35.4 Å². The molecule has 1 nitrogen and oxygen atoms in total. The summed E-state index contributed by atoms with van der Waals surface area (Å²) in [5.41, 5.74) is 3.29. The fourth-order valence-corrected chi connectivity index (χ4v) is 3.55. The summed E-state index contributed by atoms with van der Waals surface area (Å²) >= 11 is 0. The van der Waals surface area contributed by atoms with Gasteiger partial charge < -0.3 is 0 Å². The van der Waals surface area contributed by atoms with E-state index in [1.165, 1.54) is 24.0 Å². The minimum Gasteiger partial charge on any atom is -0.299 e. The average molecular weight is 228 g/mol. The molecule has 1 unspecified atom stereocenters. The zero-order valence-corrected chi connectivity index (χ0v) is 10.5. The predicted octanol–water partition coefficient (Wildman–Crippen LogP) is 3.55. The Kier molecular flexibility index (Phi) is 2.57. The van der Waals surface area contributed by atoms with Crippen molar-refractivity contribution in [1.29, 1.82) is 0 Å². The Hall–Kier alpha value is -1.11. The van der Waals surface area contributed by atoms with Gasteiger partial charge in [-0.2, -0.15) is 0 Å². The zero-order chi connectivity index (χ0) is 11.9. The van der Waals surface area contributed by atoms with E-state index in [-0.39, 0.29) is 0 Å². The van der Waals surface area contributed by atoms with Gasteiger partial charge in [0.15, 0.2) is 0 Å². The average Bonchev–Trinajstić information content (AvgIpc) is 2.34. The molecule has 17 heavy (non-hydrogen) atoms. The third-order valence-corrected chi connectivity index (χ3v) is 4.82. The van der Waals surface area contributed by atoms with Crippen molar-refractivity contribution in [2.24, 2.45) is 11.3 Å². The molecular weight excluding hydrogens is 208 g/mol. The highest BCUT2D eigenvalue weighted by atomic mass is 16.1. The van der Waals surface area contributed by atoms with Crippen LogP contribution in [0.2, 0.25) is 0 Å². The Labute approximate surface area is 103 Å². The summed E-state index contributed by atoms with van der Waals surface area (Å²) in [6.07, 6.45) is 6.67. The van der Waals surface area contributed by atoms with Crippen molar-refractivity contribution in [2.45, 2.75) is 45.4 Å². The van der Waals surface area contributed by atoms with E-state index in [2.05, 4.69) is 31.2 Å². The molecule has 1 spiro atoms. The van der Waals surface area contributed by atoms with E-state index in [0.717, 1.165) is 25.7 Å². The first kappa shape index (κ1) is 11.0. The molecule has 1 saturated carbocycles. The molecule has 90 valence electrons. The summed E-state index contributed by atoms with van der Waals surface area (Å²) in [4.78, 5) is 12.0. The number of ketones is 1. The highest BCUT2D eigenvalue weighted by Gasteiger charge is 2.40. The van der Waals surface area contributed by atoms with Crippen molar-refractivity contribution in [1.82, 2.24) is 0 Å². The molecule has 1 aromatic rings. The van der Waals surface area contributed by atoms with Gasteiger partial charge in [-0.3, -0.25) is 4.79 Å². The minimum atomic E-state index is 0.304. The van der Waals surface area contributed by atoms with Gasteiger partial charge in [0.1, 0.15) is 5.78 Å². The molecule has 2 aliphatic rings. The van der Waals surface area contributed by atoms with Crippen LogP contribution in [0, 0.1) is 11.3 Å². The summed E-state index contributed by atoms with van der Waals surface area (Å²) < 4.78 is 0. The molecule has 0 bridgehead atoms. The molecule has 2 atom stereocenters. The van der Waals surface area contributed by atoms with Crippen LogP contribution in [0.25, 0.3) is 0 Å². The lowest BCUT2D eigenvalue weighted by Gasteiger charge is -2.42. The van der Waals surface area contributed by atoms with E-state index in [1.54, 1.807) is 0 Å². The van der Waals surface area contributed by atoms with Gasteiger partial charge in [-0.25, -0.2) is 0 Å². The maximum Gasteiger partial charge on any atom is 0.136 e. The minimum absolute atomic E-state index is 0.304. The third-order valence-electron chi connectivity index (χ3n) is 4.82. The second kappa shape index (κ2) is 3.97. The van der Waals surface area contributed by atoms with Crippen LogP contribution in [0.5, 0.6) is 0 Å². The molecule has 0 aromatic heterocycles. The number of carbonyl (C=O) groups is 1. The SMILES string of the molecule is CC1CC[C@]2(CCc3ccccc3C2)CC1=O. The molecule has 0 radical (unpaired) electrons. The standard InChI is InChI=1S/C16H20O/c1-12-6-8-16(11-15(12)17)9-7-13-4-2-3-5-14(13)10-16/h2-5,12H,6-11H2,1H3/t12?,16-/m1/s1. The lowest BCUT2D eigenvalue weighted by atomic mass is 9.62. The van der Waals surface area contributed by atoms with Gasteiger partial charge >= 0.3 is 0 Å². The number of aryl methyl sites for hydroxylation is 1. The fraction of sp³-hybridized carbons (Fsp3) is 0.562. The van der Waals surface area contributed by atoms with Crippen molar-refractivity contribution in [3.8, 4) is 0 Å². The molecule has 0 aliphatic heterocycles. The number of carbonyl (C=O) groups excluding carboxylic acids is 1. The van der Waals surface area contributed by atoms with Crippen LogP contribution in [0.3, 0.4) is 0 Å². The van der Waals surface area contributed by atoms with E-state index >= 15 is 0 Å². The van der Waals surface area contributed by atoms with Gasteiger partial charge in [0.05, 0.1) is 0 Å². The number of fused-ring (bicyclic) bond motifs is 1. The van der Waals surface area contributed by atoms with Crippen LogP contribution in [0.4, 0.5) is 0 Å². The summed E-state index contributed by atoms with van der Waals surface area (Å²) in [5, 5.41) is 0. The Morgan fingerprint density at radius 1 is 1.12 bits per heavy atom. The van der Waals surface area contributed by atoms with Crippen molar-refractivity contribution < 1.29 is 4.79 Å². The molecule has 0 heterocycles. The number of hydrogen-bond acceptors (Lipinski definition) is 1. The lowest BCUT2D eigenvalue weighted by molar-refractivity contribution is -0.128. The maximum absolute atomic E-state index is 12.0. The van der Waals surface area contributed by atoms with E-state index < -0.39 is 0 Å². The van der Waals surface area contributed by atoms with Gasteiger partial charge in [0, 0.05) is 12.3 Å². The molecular formula is C16H20O. The fourth-order valence-electron chi connectivity index (χ4n) is 3.55. The summed E-state index contributed by atoms with van der Waals surface area (Å²) in [7, 11) is 0. The van der Waals surface area contributed by atoms with Crippen LogP contribution in [0.1, 0.15) is 43.7 Å². The number of benzene rings is 1. The van der Waals surface area contributed by atoms with Crippen LogP contribution in [-0.2, 0) is 17.6 Å². The molecule has 1 aromatic carbocycles.